The van der Waals surface area contributed by atoms with Gasteiger partial charge in [-0.3, -0.25) is 0 Å². The first-order chi connectivity index (χ1) is 5.02. The summed E-state index contributed by atoms with van der Waals surface area (Å²) in [5.41, 5.74) is 0. The summed E-state index contributed by atoms with van der Waals surface area (Å²) in [5.74, 6) is 0. The predicted molar refractivity (Wildman–Crippen MR) is 59.1 cm³/mol. The van der Waals surface area contributed by atoms with E-state index in [0.717, 1.165) is 6.42 Å². The van der Waals surface area contributed by atoms with Gasteiger partial charge in [-0.15, -0.1) is 0 Å². The average molecular weight is 233 g/mol. The van der Waals surface area contributed by atoms with Crippen LogP contribution in [0.4, 0.5) is 0 Å². The first-order valence-corrected chi connectivity index (χ1v) is 8.75. The van der Waals surface area contributed by atoms with E-state index in [1.165, 1.54) is 0 Å². The van der Waals surface area contributed by atoms with Crippen molar-refractivity contribution >= 4 is 39.2 Å². The van der Waals surface area contributed by atoms with Crippen LogP contribution in [0, 0.1) is 0 Å². The molecule has 0 bridgehead atoms. The smallest absolute Gasteiger partial charge is 0.207 e. The van der Waals surface area contributed by atoms with E-state index in [0.29, 0.717) is 11.9 Å². The Morgan fingerprint density at radius 1 is 1.64 bits per heavy atom. The molecule has 0 heterocycles. The van der Waals surface area contributed by atoms with Gasteiger partial charge in [0.1, 0.15) is 0 Å². The molecule has 1 nitrogen and oxygen atoms in total. The molecule has 0 rings (SSSR count). The number of hydrogen-bond donors (Lipinski definition) is 0. The second kappa shape index (κ2) is 5.82. The zero-order valence-corrected chi connectivity index (χ0v) is 10.3. The normalized spacial score (nSPS) is 19.3. The van der Waals surface area contributed by atoms with Crippen molar-refractivity contribution in [3.8, 4) is 0 Å². The molecule has 0 aromatic rings. The molecule has 0 aliphatic carbocycles. The minimum absolute atomic E-state index is 0.505. The molecule has 2 atom stereocenters. The topological polar surface area (TPSA) is 9.23 Å². The van der Waals surface area contributed by atoms with E-state index >= 15 is 0 Å². The van der Waals surface area contributed by atoms with Crippen molar-refractivity contribution in [1.82, 2.24) is 0 Å². The maximum absolute atomic E-state index is 5.98. The van der Waals surface area contributed by atoms with Crippen LogP contribution in [0.15, 0.2) is 0 Å². The van der Waals surface area contributed by atoms with Crippen LogP contribution in [-0.4, -0.2) is 11.9 Å². The molecule has 0 saturated carbocycles. The lowest BCUT2D eigenvalue weighted by atomic mass is 10.4. The summed E-state index contributed by atoms with van der Waals surface area (Å²) in [5, 5.41) is 0.505. The quantitative estimate of drug-likeness (QED) is 0.663. The zero-order valence-electron chi connectivity index (χ0n) is 7.04. The Morgan fingerprint density at radius 2 is 2.18 bits per heavy atom. The Labute approximate surface area is 82.9 Å². The molecule has 11 heavy (non-hydrogen) atoms. The minimum Gasteiger partial charge on any atom is -0.331 e. The second-order valence-corrected chi connectivity index (χ2v) is 11.3. The third-order valence-corrected chi connectivity index (χ3v) is 6.93. The highest BCUT2D eigenvalue weighted by molar-refractivity contribution is 8.76. The van der Waals surface area contributed by atoms with E-state index in [1.54, 1.807) is 11.4 Å². The van der Waals surface area contributed by atoms with Crippen LogP contribution in [0.1, 0.15) is 27.2 Å². The molecule has 0 radical (unpaired) electrons. The molecule has 0 aliphatic rings. The van der Waals surface area contributed by atoms with Crippen LogP contribution in [0.5, 0.6) is 0 Å². The lowest BCUT2D eigenvalue weighted by Gasteiger charge is -2.16. The van der Waals surface area contributed by atoms with E-state index in [-0.39, 0.29) is 0 Å². The summed E-state index contributed by atoms with van der Waals surface area (Å²) in [6.07, 6.45) is 1.09. The van der Waals surface area contributed by atoms with Crippen molar-refractivity contribution < 1.29 is 4.52 Å². The fourth-order valence-electron chi connectivity index (χ4n) is 0.474. The number of hydrogen-bond acceptors (Lipinski definition) is 3. The first kappa shape index (κ1) is 12.2. The van der Waals surface area contributed by atoms with Crippen LogP contribution < -0.4 is 0 Å². The Hall–Kier alpha value is 1.25. The molecule has 0 aromatic carbocycles. The van der Waals surface area contributed by atoms with Crippen molar-refractivity contribution in [2.45, 2.75) is 32.4 Å². The minimum atomic E-state index is -2.04. The van der Waals surface area contributed by atoms with E-state index < -0.39 is 4.82 Å². The Morgan fingerprint density at radius 3 is 2.55 bits per heavy atom. The molecule has 0 amide bonds. The van der Waals surface area contributed by atoms with Gasteiger partial charge in [-0.05, 0) is 36.4 Å². The molecule has 68 valence electrons. The zero-order chi connectivity index (χ0) is 8.91. The lowest BCUT2D eigenvalue weighted by molar-refractivity contribution is 0.392. The Balaban J connectivity index is 3.81. The van der Waals surface area contributed by atoms with Crippen LogP contribution in [0.3, 0.4) is 0 Å². The summed E-state index contributed by atoms with van der Waals surface area (Å²) in [7, 11) is 0. The third kappa shape index (κ3) is 6.41. The summed E-state index contributed by atoms with van der Waals surface area (Å²) in [4.78, 5) is -2.04. The standard InChI is InChI=1S/C6H14ClOPS2/c1-4-6(3)11-9(7,10)8-5-2/h6H,4-5H2,1-3H3. The molecule has 0 aromatic heterocycles. The van der Waals surface area contributed by atoms with Gasteiger partial charge in [-0.1, -0.05) is 25.2 Å². The molecule has 0 saturated heterocycles. The highest BCUT2D eigenvalue weighted by Gasteiger charge is 2.16. The van der Waals surface area contributed by atoms with Gasteiger partial charge in [0.25, 0.3) is 0 Å². The molecule has 0 spiro atoms. The molecule has 0 aliphatic heterocycles. The second-order valence-electron chi connectivity index (χ2n) is 2.17. The summed E-state index contributed by atoms with van der Waals surface area (Å²) < 4.78 is 5.26. The molecular formula is C6H14ClOPS2. The summed E-state index contributed by atoms with van der Waals surface area (Å²) in [6, 6.07) is 0. The third-order valence-electron chi connectivity index (χ3n) is 1.16. The Kier molecular flexibility index (Phi) is 6.48. The summed E-state index contributed by atoms with van der Waals surface area (Å²) in [6.45, 7) is 6.77. The molecule has 2 unspecified atom stereocenters. The van der Waals surface area contributed by atoms with Gasteiger partial charge in [0, 0.05) is 5.25 Å². The van der Waals surface area contributed by atoms with Gasteiger partial charge in [0.15, 0.2) is 0 Å². The van der Waals surface area contributed by atoms with E-state index in [9.17, 15) is 0 Å². The van der Waals surface area contributed by atoms with Gasteiger partial charge in [-0.2, -0.15) is 0 Å². The van der Waals surface area contributed by atoms with Crippen LogP contribution >= 0.6 is 27.4 Å². The predicted octanol–water partition coefficient (Wildman–Crippen LogP) is 4.02. The van der Waals surface area contributed by atoms with Crippen LogP contribution in [0.2, 0.25) is 0 Å². The van der Waals surface area contributed by atoms with E-state index in [1.807, 2.05) is 6.92 Å². The van der Waals surface area contributed by atoms with Gasteiger partial charge < -0.3 is 4.52 Å². The number of rotatable bonds is 5. The highest BCUT2D eigenvalue weighted by atomic mass is 35.7. The van der Waals surface area contributed by atoms with Gasteiger partial charge >= 0.3 is 0 Å². The maximum atomic E-state index is 5.98. The van der Waals surface area contributed by atoms with Gasteiger partial charge in [-0.25, -0.2) is 0 Å². The number of halogens is 1. The Bertz CT molecular complexity index is 154. The van der Waals surface area contributed by atoms with E-state index in [2.05, 4.69) is 13.8 Å². The molecule has 5 heteroatoms. The average Bonchev–Trinajstić information content (AvgIpc) is 1.86. The van der Waals surface area contributed by atoms with Gasteiger partial charge in [0.2, 0.25) is 4.82 Å². The highest BCUT2D eigenvalue weighted by Crippen LogP contribution is 2.66. The van der Waals surface area contributed by atoms with E-state index in [4.69, 9.17) is 27.6 Å². The van der Waals surface area contributed by atoms with Crippen molar-refractivity contribution in [2.24, 2.45) is 0 Å². The molecule has 0 N–H and O–H groups in total. The maximum Gasteiger partial charge on any atom is 0.207 e. The van der Waals surface area contributed by atoms with Crippen molar-refractivity contribution in [1.29, 1.82) is 0 Å². The van der Waals surface area contributed by atoms with Crippen molar-refractivity contribution in [3.63, 3.8) is 0 Å². The monoisotopic (exact) mass is 232 g/mol. The van der Waals surface area contributed by atoms with Crippen molar-refractivity contribution in [2.75, 3.05) is 6.61 Å². The summed E-state index contributed by atoms with van der Waals surface area (Å²) >= 11 is 12.7. The van der Waals surface area contributed by atoms with Crippen LogP contribution in [0.25, 0.3) is 0 Å². The lowest BCUT2D eigenvalue weighted by Crippen LogP contribution is -1.91. The van der Waals surface area contributed by atoms with Crippen LogP contribution in [-0.2, 0) is 16.3 Å². The molecule has 0 fully saturated rings. The van der Waals surface area contributed by atoms with Gasteiger partial charge in [0.05, 0.1) is 6.61 Å². The fraction of sp³-hybridized carbons (Fsp3) is 1.00. The largest absolute Gasteiger partial charge is 0.331 e. The first-order valence-electron chi connectivity index (χ1n) is 3.64. The fourth-order valence-corrected chi connectivity index (χ4v) is 6.81. The van der Waals surface area contributed by atoms with Crippen molar-refractivity contribution in [3.05, 3.63) is 0 Å². The SMILES string of the molecule is CCOP(=S)(Cl)SC(C)CC. The molecular weight excluding hydrogens is 219 g/mol.